The van der Waals surface area contributed by atoms with Gasteiger partial charge in [-0.25, -0.2) is 0 Å². The Balaban J connectivity index is 1.96. The van der Waals surface area contributed by atoms with Gasteiger partial charge in [0.25, 0.3) is 5.91 Å². The summed E-state index contributed by atoms with van der Waals surface area (Å²) in [6.45, 7) is 5.68. The van der Waals surface area contributed by atoms with Gasteiger partial charge in [-0.1, -0.05) is 37.0 Å². The van der Waals surface area contributed by atoms with Crippen LogP contribution in [0.2, 0.25) is 10.0 Å². The van der Waals surface area contributed by atoms with Gasteiger partial charge >= 0.3 is 5.97 Å². The number of hydrogen-bond donors (Lipinski definition) is 1. The normalized spacial score (nSPS) is 32.0. The van der Waals surface area contributed by atoms with Crippen LogP contribution in [0.3, 0.4) is 0 Å². The first-order valence-corrected chi connectivity index (χ1v) is 7.90. The number of hydrogen-bond acceptors (Lipinski definition) is 3. The number of benzene rings is 1. The molecule has 1 heterocycles. The van der Waals surface area contributed by atoms with Crippen molar-refractivity contribution in [2.45, 2.75) is 39.2 Å². The number of carbonyl (C=O) groups excluding carboxylic acids is 2. The SMILES string of the molecule is CC12CCC(C(=O)Nc3cc(Cl)ccc3Cl)(OC1=O)C2(C)C. The molecule has 2 unspecified atom stereocenters. The molecule has 2 atom stereocenters. The molecule has 2 aliphatic rings. The van der Waals surface area contributed by atoms with Crippen LogP contribution in [0.4, 0.5) is 5.69 Å². The van der Waals surface area contributed by atoms with E-state index in [1.54, 1.807) is 18.2 Å². The number of rotatable bonds is 2. The van der Waals surface area contributed by atoms with Crippen LogP contribution in [-0.4, -0.2) is 17.5 Å². The fraction of sp³-hybridized carbons (Fsp3) is 0.500. The van der Waals surface area contributed by atoms with Crippen molar-refractivity contribution < 1.29 is 14.3 Å². The quantitative estimate of drug-likeness (QED) is 0.825. The lowest BCUT2D eigenvalue weighted by Gasteiger charge is -2.35. The second-order valence-corrected chi connectivity index (χ2v) is 7.60. The lowest BCUT2D eigenvalue weighted by Crippen LogP contribution is -2.50. The molecule has 6 heteroatoms. The first-order chi connectivity index (χ1) is 10.1. The van der Waals surface area contributed by atoms with Gasteiger partial charge in [-0.15, -0.1) is 0 Å². The maximum atomic E-state index is 12.9. The summed E-state index contributed by atoms with van der Waals surface area (Å²) in [5.74, 6) is -0.660. The molecule has 1 aromatic carbocycles. The molecular weight excluding hydrogens is 325 g/mol. The third-order valence-electron chi connectivity index (χ3n) is 5.63. The van der Waals surface area contributed by atoms with E-state index < -0.39 is 16.4 Å². The summed E-state index contributed by atoms with van der Waals surface area (Å²) in [5, 5.41) is 3.63. The Hall–Kier alpha value is -1.26. The maximum absolute atomic E-state index is 12.9. The summed E-state index contributed by atoms with van der Waals surface area (Å²) in [5.41, 5.74) is -1.97. The summed E-state index contributed by atoms with van der Waals surface area (Å²) in [7, 11) is 0. The van der Waals surface area contributed by atoms with E-state index in [4.69, 9.17) is 27.9 Å². The number of anilines is 1. The van der Waals surface area contributed by atoms with Crippen molar-refractivity contribution in [1.29, 1.82) is 0 Å². The third-order valence-corrected chi connectivity index (χ3v) is 6.19. The fourth-order valence-electron chi connectivity index (χ4n) is 3.56. The molecular formula is C16H17Cl2NO3. The molecule has 1 amide bonds. The van der Waals surface area contributed by atoms with Gasteiger partial charge in [-0.3, -0.25) is 9.59 Å². The average molecular weight is 342 g/mol. The van der Waals surface area contributed by atoms with Crippen LogP contribution < -0.4 is 5.32 Å². The largest absolute Gasteiger partial charge is 0.448 e. The molecule has 0 aromatic heterocycles. The van der Waals surface area contributed by atoms with Gasteiger partial charge < -0.3 is 10.1 Å². The topological polar surface area (TPSA) is 55.4 Å². The Kier molecular flexibility index (Phi) is 3.28. The number of carbonyl (C=O) groups is 2. The molecule has 118 valence electrons. The first kappa shape index (κ1) is 15.6. The molecule has 4 nitrogen and oxygen atoms in total. The predicted octanol–water partition coefficient (Wildman–Crippen LogP) is 4.05. The molecule has 2 bridgehead atoms. The maximum Gasteiger partial charge on any atom is 0.313 e. The molecule has 2 fully saturated rings. The summed E-state index contributed by atoms with van der Waals surface area (Å²) >= 11 is 12.0. The Morgan fingerprint density at radius 3 is 2.45 bits per heavy atom. The Bertz CT molecular complexity index is 688. The minimum atomic E-state index is -1.16. The summed E-state index contributed by atoms with van der Waals surface area (Å²) in [6.07, 6.45) is 1.14. The molecule has 1 N–H and O–H groups in total. The van der Waals surface area contributed by atoms with E-state index in [-0.39, 0.29) is 11.9 Å². The van der Waals surface area contributed by atoms with Crippen molar-refractivity contribution in [2.75, 3.05) is 5.32 Å². The van der Waals surface area contributed by atoms with Crippen molar-refractivity contribution in [1.82, 2.24) is 0 Å². The number of amides is 1. The van der Waals surface area contributed by atoms with Crippen LogP contribution >= 0.6 is 23.2 Å². The monoisotopic (exact) mass is 341 g/mol. The van der Waals surface area contributed by atoms with E-state index in [1.165, 1.54) is 0 Å². The molecule has 22 heavy (non-hydrogen) atoms. The van der Waals surface area contributed by atoms with E-state index in [1.807, 2.05) is 20.8 Å². The minimum Gasteiger partial charge on any atom is -0.448 e. The van der Waals surface area contributed by atoms with Gasteiger partial charge in [0, 0.05) is 10.4 Å². The standard InChI is InChI=1S/C16H17Cl2NO3/c1-14(2)15(3)6-7-16(14,22-13(15)21)12(20)19-11-8-9(17)4-5-10(11)18/h4-5,8H,6-7H2,1-3H3,(H,19,20). The molecule has 1 aromatic rings. The molecule has 1 aliphatic heterocycles. The zero-order valence-corrected chi connectivity index (χ0v) is 14.1. The van der Waals surface area contributed by atoms with E-state index in [9.17, 15) is 9.59 Å². The van der Waals surface area contributed by atoms with Crippen molar-refractivity contribution in [3.63, 3.8) is 0 Å². The molecule has 1 aliphatic carbocycles. The summed E-state index contributed by atoms with van der Waals surface area (Å²) in [4.78, 5) is 25.1. The van der Waals surface area contributed by atoms with Crippen LogP contribution in [0.25, 0.3) is 0 Å². The van der Waals surface area contributed by atoms with Gasteiger partial charge in [0.1, 0.15) is 0 Å². The second kappa shape index (κ2) is 4.62. The van der Waals surface area contributed by atoms with E-state index in [0.717, 1.165) is 0 Å². The van der Waals surface area contributed by atoms with Crippen molar-refractivity contribution in [3.8, 4) is 0 Å². The predicted molar refractivity (Wildman–Crippen MR) is 85.0 cm³/mol. The van der Waals surface area contributed by atoms with E-state index in [0.29, 0.717) is 28.6 Å². The summed E-state index contributed by atoms with van der Waals surface area (Å²) in [6, 6.07) is 4.84. The van der Waals surface area contributed by atoms with Crippen LogP contribution in [0.1, 0.15) is 33.6 Å². The van der Waals surface area contributed by atoms with Crippen molar-refractivity contribution in [3.05, 3.63) is 28.2 Å². The molecule has 0 radical (unpaired) electrons. The number of esters is 1. The van der Waals surface area contributed by atoms with E-state index in [2.05, 4.69) is 5.32 Å². The van der Waals surface area contributed by atoms with E-state index >= 15 is 0 Å². The lowest BCUT2D eigenvalue weighted by atomic mass is 9.66. The van der Waals surface area contributed by atoms with Gasteiger partial charge in [-0.05, 0) is 38.0 Å². The third kappa shape index (κ3) is 1.77. The van der Waals surface area contributed by atoms with Gasteiger partial charge in [0.15, 0.2) is 5.60 Å². The Labute approximate surface area is 139 Å². The lowest BCUT2D eigenvalue weighted by molar-refractivity contribution is -0.165. The molecule has 1 saturated heterocycles. The smallest absolute Gasteiger partial charge is 0.313 e. The highest BCUT2D eigenvalue weighted by Crippen LogP contribution is 2.65. The highest BCUT2D eigenvalue weighted by molar-refractivity contribution is 6.35. The highest BCUT2D eigenvalue weighted by Gasteiger charge is 2.75. The second-order valence-electron chi connectivity index (χ2n) is 6.75. The van der Waals surface area contributed by atoms with Gasteiger partial charge in [-0.2, -0.15) is 0 Å². The van der Waals surface area contributed by atoms with Crippen molar-refractivity contribution in [2.24, 2.45) is 10.8 Å². The van der Waals surface area contributed by atoms with Gasteiger partial charge in [0.2, 0.25) is 0 Å². The Morgan fingerprint density at radius 1 is 1.23 bits per heavy atom. The fourth-order valence-corrected chi connectivity index (χ4v) is 3.90. The van der Waals surface area contributed by atoms with Crippen LogP contribution in [0.5, 0.6) is 0 Å². The van der Waals surface area contributed by atoms with Crippen molar-refractivity contribution >= 4 is 40.8 Å². The number of fused-ring (bicyclic) bond motifs is 2. The Morgan fingerprint density at radius 2 is 1.91 bits per heavy atom. The van der Waals surface area contributed by atoms with Crippen LogP contribution in [0, 0.1) is 10.8 Å². The van der Waals surface area contributed by atoms with Gasteiger partial charge in [0.05, 0.1) is 16.1 Å². The number of nitrogens with one attached hydrogen (secondary N) is 1. The summed E-state index contributed by atoms with van der Waals surface area (Å²) < 4.78 is 5.54. The molecule has 3 rings (SSSR count). The van der Waals surface area contributed by atoms with Crippen LogP contribution in [0.15, 0.2) is 18.2 Å². The molecule has 1 saturated carbocycles. The van der Waals surface area contributed by atoms with Crippen LogP contribution in [-0.2, 0) is 14.3 Å². The minimum absolute atomic E-state index is 0.309. The number of ether oxygens (including phenoxy) is 1. The molecule has 0 spiro atoms. The zero-order valence-electron chi connectivity index (χ0n) is 12.6. The number of halogens is 2. The average Bonchev–Trinajstić information content (AvgIpc) is 2.73. The highest BCUT2D eigenvalue weighted by atomic mass is 35.5. The zero-order chi connectivity index (χ0) is 16.3. The first-order valence-electron chi connectivity index (χ1n) is 7.14.